The van der Waals surface area contributed by atoms with Gasteiger partial charge in [-0.2, -0.15) is 4.39 Å². The number of sulfone groups is 1. The summed E-state index contributed by atoms with van der Waals surface area (Å²) in [5.41, 5.74) is -0.167. The Bertz CT molecular complexity index is 1410. The summed E-state index contributed by atoms with van der Waals surface area (Å²) < 4.78 is 73.6. The van der Waals surface area contributed by atoms with Gasteiger partial charge in [-0.3, -0.25) is 4.79 Å². The molecule has 0 aliphatic carbocycles. The largest absolute Gasteiger partial charge is 0.494 e. The number of hydrogen-bond acceptors (Lipinski definition) is 7. The second kappa shape index (κ2) is 8.93. The third kappa shape index (κ3) is 4.40. The van der Waals surface area contributed by atoms with Crippen LogP contribution in [0.15, 0.2) is 35.2 Å². The maximum atomic E-state index is 14.7. The van der Waals surface area contributed by atoms with E-state index in [-0.39, 0.29) is 63.4 Å². The summed E-state index contributed by atoms with van der Waals surface area (Å²) in [4.78, 5) is 19.0. The van der Waals surface area contributed by atoms with Crippen LogP contribution >= 0.6 is 0 Å². The number of aryl methyl sites for hydroxylation is 1. The second-order valence-electron chi connectivity index (χ2n) is 7.54. The second-order valence-corrected chi connectivity index (χ2v) is 9.59. The average molecular weight is 493 g/mol. The number of rotatable bonds is 6. The van der Waals surface area contributed by atoms with Crippen molar-refractivity contribution in [2.75, 3.05) is 18.2 Å². The Kier molecular flexibility index (Phi) is 6.17. The summed E-state index contributed by atoms with van der Waals surface area (Å²) in [7, 11) is -2.62. The molecule has 1 aliphatic rings. The highest BCUT2D eigenvalue weighted by Crippen LogP contribution is 2.35. The molecule has 34 heavy (non-hydrogen) atoms. The van der Waals surface area contributed by atoms with Gasteiger partial charge in [-0.05, 0) is 42.7 Å². The minimum Gasteiger partial charge on any atom is -0.494 e. The molecule has 0 spiro atoms. The van der Waals surface area contributed by atoms with E-state index in [2.05, 4.69) is 15.3 Å². The van der Waals surface area contributed by atoms with Gasteiger partial charge >= 0.3 is 5.97 Å². The Morgan fingerprint density at radius 3 is 2.59 bits per heavy atom. The number of nitrogens with zero attached hydrogens (tertiary/aromatic N) is 2. The van der Waals surface area contributed by atoms with Crippen LogP contribution in [-0.4, -0.2) is 42.3 Å². The van der Waals surface area contributed by atoms with Crippen LogP contribution in [0.3, 0.4) is 0 Å². The molecule has 0 unspecified atom stereocenters. The van der Waals surface area contributed by atoms with E-state index < -0.39 is 39.7 Å². The van der Waals surface area contributed by atoms with E-state index in [4.69, 9.17) is 9.84 Å². The van der Waals surface area contributed by atoms with Crippen LogP contribution in [0, 0.1) is 17.5 Å². The molecule has 0 fully saturated rings. The number of hydrogen-bond donors (Lipinski definition) is 2. The third-order valence-electron chi connectivity index (χ3n) is 5.24. The minimum atomic E-state index is -3.80. The molecule has 2 heterocycles. The molecule has 0 amide bonds. The Labute approximate surface area is 192 Å². The predicted octanol–water partition coefficient (Wildman–Crippen LogP) is 3.66. The summed E-state index contributed by atoms with van der Waals surface area (Å²) in [5.74, 6) is -5.52. The monoisotopic (exact) mass is 493 g/mol. The summed E-state index contributed by atoms with van der Waals surface area (Å²) in [6.07, 6.45) is 0.00395. The quantitative estimate of drug-likeness (QED) is 0.534. The lowest BCUT2D eigenvalue weighted by molar-refractivity contribution is -0.136. The van der Waals surface area contributed by atoms with E-state index in [1.807, 2.05) is 0 Å². The average Bonchev–Trinajstić information content (AvgIpc) is 2.76. The van der Waals surface area contributed by atoms with Crippen LogP contribution in [-0.2, 0) is 27.5 Å². The molecule has 1 aromatic heterocycles. The summed E-state index contributed by atoms with van der Waals surface area (Å²) in [6, 6.07) is 6.00. The van der Waals surface area contributed by atoms with Gasteiger partial charge in [0.05, 0.1) is 30.5 Å². The zero-order valence-corrected chi connectivity index (χ0v) is 18.5. The number of carbonyl (C=O) groups is 1. The van der Waals surface area contributed by atoms with Crippen LogP contribution in [0.25, 0.3) is 11.4 Å². The summed E-state index contributed by atoms with van der Waals surface area (Å²) in [6.45, 7) is 0. The number of carboxylic acids is 1. The molecule has 0 bridgehead atoms. The number of ether oxygens (including phenoxy) is 1. The zero-order valence-electron chi connectivity index (χ0n) is 17.7. The van der Waals surface area contributed by atoms with Crippen molar-refractivity contribution >= 4 is 27.3 Å². The lowest BCUT2D eigenvalue weighted by Gasteiger charge is -2.20. The molecule has 0 atom stereocenters. The highest BCUT2D eigenvalue weighted by molar-refractivity contribution is 7.91. The lowest BCUT2D eigenvalue weighted by atomic mass is 10.1. The highest BCUT2D eigenvalue weighted by Gasteiger charge is 2.31. The summed E-state index contributed by atoms with van der Waals surface area (Å²) in [5, 5.41) is 11.6. The number of nitrogens with one attached hydrogen (secondary N) is 1. The van der Waals surface area contributed by atoms with Crippen LogP contribution in [0.1, 0.15) is 17.7 Å². The van der Waals surface area contributed by atoms with Gasteiger partial charge in [0.25, 0.3) is 0 Å². The van der Waals surface area contributed by atoms with Gasteiger partial charge < -0.3 is 15.2 Å². The fourth-order valence-corrected chi connectivity index (χ4v) is 5.29. The molecule has 4 rings (SSSR count). The molecule has 8 nitrogen and oxygen atoms in total. The zero-order chi connectivity index (χ0) is 24.6. The van der Waals surface area contributed by atoms with Gasteiger partial charge in [-0.25, -0.2) is 27.2 Å². The Morgan fingerprint density at radius 1 is 1.15 bits per heavy atom. The number of halogens is 3. The molecule has 0 saturated carbocycles. The lowest BCUT2D eigenvalue weighted by Crippen LogP contribution is -2.21. The van der Waals surface area contributed by atoms with Gasteiger partial charge in [-0.15, -0.1) is 0 Å². The molecular formula is C22H18F3N3O5S. The molecule has 3 aromatic rings. The van der Waals surface area contributed by atoms with E-state index in [1.54, 1.807) is 0 Å². The summed E-state index contributed by atoms with van der Waals surface area (Å²) >= 11 is 0. The number of methoxy groups -OCH3 is 1. The van der Waals surface area contributed by atoms with Crippen molar-refractivity contribution in [3.63, 3.8) is 0 Å². The van der Waals surface area contributed by atoms with Gasteiger partial charge in [-0.1, -0.05) is 6.07 Å². The van der Waals surface area contributed by atoms with E-state index in [1.165, 1.54) is 31.4 Å². The number of anilines is 2. The number of fused-ring (bicyclic) bond motifs is 1. The predicted molar refractivity (Wildman–Crippen MR) is 115 cm³/mol. The SMILES string of the molecule is COc1ccc(-c2nc3c(c(Nc4ccc(CC(=O)O)c(F)c4)n2)S(=O)(=O)CCC3)c(F)c1F. The van der Waals surface area contributed by atoms with Crippen molar-refractivity contribution in [2.24, 2.45) is 0 Å². The van der Waals surface area contributed by atoms with Gasteiger partial charge in [0, 0.05) is 5.69 Å². The molecule has 1 aliphatic heterocycles. The molecule has 178 valence electrons. The fraction of sp³-hybridized carbons (Fsp3) is 0.227. The van der Waals surface area contributed by atoms with Crippen LogP contribution in [0.2, 0.25) is 0 Å². The standard InChI is InChI=1S/C22H18F3N3O5S/c1-33-16-7-6-13(18(24)19(16)25)21-27-15-3-2-8-34(31,32)20(15)22(28-21)26-12-5-4-11(9-17(29)30)14(23)10-12/h4-7,10H,2-3,8-9H2,1H3,(H,29,30)(H,26,27,28). The Hall–Kier alpha value is -3.67. The normalized spacial score (nSPS) is 14.4. The number of benzene rings is 2. The molecule has 0 radical (unpaired) electrons. The van der Waals surface area contributed by atoms with Crippen molar-refractivity contribution in [3.8, 4) is 17.1 Å². The van der Waals surface area contributed by atoms with Crippen molar-refractivity contribution in [1.82, 2.24) is 9.97 Å². The number of carboxylic acid groups (broad SMARTS) is 1. The van der Waals surface area contributed by atoms with Gasteiger partial charge in [0.2, 0.25) is 5.82 Å². The number of aromatic nitrogens is 2. The van der Waals surface area contributed by atoms with E-state index in [0.29, 0.717) is 0 Å². The maximum absolute atomic E-state index is 14.7. The van der Waals surface area contributed by atoms with Crippen molar-refractivity contribution in [1.29, 1.82) is 0 Å². The first kappa shape index (κ1) is 23.5. The first-order chi connectivity index (χ1) is 16.1. The maximum Gasteiger partial charge on any atom is 0.307 e. The molecule has 2 N–H and O–H groups in total. The van der Waals surface area contributed by atoms with Crippen molar-refractivity contribution in [3.05, 3.63) is 59.0 Å². The van der Waals surface area contributed by atoms with E-state index in [9.17, 15) is 26.4 Å². The Balaban J connectivity index is 1.85. The van der Waals surface area contributed by atoms with Crippen LogP contribution in [0.5, 0.6) is 5.75 Å². The number of aliphatic carboxylic acids is 1. The smallest absolute Gasteiger partial charge is 0.307 e. The molecule has 2 aromatic carbocycles. The molecule has 12 heteroatoms. The van der Waals surface area contributed by atoms with E-state index >= 15 is 0 Å². The van der Waals surface area contributed by atoms with Crippen molar-refractivity contribution < 1.29 is 36.2 Å². The molecular weight excluding hydrogens is 475 g/mol. The fourth-order valence-electron chi connectivity index (χ4n) is 3.66. The van der Waals surface area contributed by atoms with Crippen LogP contribution < -0.4 is 10.1 Å². The molecule has 0 saturated heterocycles. The Morgan fingerprint density at radius 2 is 1.91 bits per heavy atom. The first-order valence-corrected chi connectivity index (χ1v) is 11.7. The van der Waals surface area contributed by atoms with E-state index in [0.717, 1.165) is 6.07 Å². The van der Waals surface area contributed by atoms with Crippen molar-refractivity contribution in [2.45, 2.75) is 24.2 Å². The van der Waals surface area contributed by atoms with Crippen LogP contribution in [0.4, 0.5) is 24.7 Å². The van der Waals surface area contributed by atoms with Gasteiger partial charge in [0.1, 0.15) is 10.7 Å². The third-order valence-corrected chi connectivity index (χ3v) is 7.12. The highest BCUT2D eigenvalue weighted by atomic mass is 32.2. The first-order valence-electron chi connectivity index (χ1n) is 10.0. The minimum absolute atomic E-state index is 0.0631. The van der Waals surface area contributed by atoms with Gasteiger partial charge in [0.15, 0.2) is 33.0 Å². The topological polar surface area (TPSA) is 118 Å².